The van der Waals surface area contributed by atoms with Crippen molar-refractivity contribution in [3.05, 3.63) is 52.6 Å². The number of aliphatic hydroxyl groups is 1. The molecule has 2 aliphatic carbocycles. The fraction of sp³-hybridized carbons (Fsp3) is 0.333. The molecule has 0 saturated heterocycles. The van der Waals surface area contributed by atoms with E-state index in [1.165, 1.54) is 11.1 Å². The van der Waals surface area contributed by atoms with Crippen molar-refractivity contribution in [2.24, 2.45) is 0 Å². The lowest BCUT2D eigenvalue weighted by Crippen LogP contribution is -2.24. The third-order valence-corrected chi connectivity index (χ3v) is 4.74. The van der Waals surface area contributed by atoms with Crippen LogP contribution in [-0.2, 0) is 12.8 Å². The molecule has 22 heavy (non-hydrogen) atoms. The van der Waals surface area contributed by atoms with Gasteiger partial charge in [0.1, 0.15) is 5.75 Å². The summed E-state index contributed by atoms with van der Waals surface area (Å²) in [5.74, 6) is 1.06. The van der Waals surface area contributed by atoms with Crippen molar-refractivity contribution in [3.8, 4) is 17.2 Å². The van der Waals surface area contributed by atoms with E-state index < -0.39 is 0 Å². The highest BCUT2D eigenvalue weighted by atomic mass is 16.3. The number of rotatable bonds is 0. The largest absolute Gasteiger partial charge is 0.508 e. The van der Waals surface area contributed by atoms with Gasteiger partial charge in [0.15, 0.2) is 11.5 Å². The highest BCUT2D eigenvalue weighted by Crippen LogP contribution is 2.49. The van der Waals surface area contributed by atoms with Crippen LogP contribution in [0.4, 0.5) is 0 Å². The summed E-state index contributed by atoms with van der Waals surface area (Å²) in [5, 5.41) is 36.1. The first-order valence-electron chi connectivity index (χ1n) is 7.43. The van der Waals surface area contributed by atoms with Gasteiger partial charge in [0.2, 0.25) is 0 Å². The molecule has 2 aliphatic rings. The van der Waals surface area contributed by atoms with E-state index in [0.717, 1.165) is 37.5 Å². The van der Waals surface area contributed by atoms with Gasteiger partial charge in [0.05, 0.1) is 0 Å². The molecule has 2 atom stereocenters. The Labute approximate surface area is 129 Å². The van der Waals surface area contributed by atoms with Gasteiger partial charge in [-0.25, -0.2) is 0 Å². The molecule has 0 radical (unpaired) electrons. The van der Waals surface area contributed by atoms with Crippen molar-refractivity contribution >= 4 is 0 Å². The highest BCUT2D eigenvalue weighted by Gasteiger charge is 2.34. The maximum absolute atomic E-state index is 9.72. The second kappa shape index (κ2) is 5.54. The van der Waals surface area contributed by atoms with E-state index in [1.54, 1.807) is 18.2 Å². The van der Waals surface area contributed by atoms with Crippen LogP contribution in [0.15, 0.2) is 30.3 Å². The molecule has 116 valence electrons. The number of hydrogen-bond donors (Lipinski definition) is 4. The van der Waals surface area contributed by atoms with Gasteiger partial charge in [-0.2, -0.15) is 0 Å². The fourth-order valence-corrected chi connectivity index (χ4v) is 3.88. The SMILES string of the molecule is CO.Oc1ccc2c(c1)CC1CC2Cc2cc(O)c(O)cc21. The first kappa shape index (κ1) is 14.7. The van der Waals surface area contributed by atoms with E-state index in [4.69, 9.17) is 5.11 Å². The number of benzene rings is 2. The van der Waals surface area contributed by atoms with Crippen LogP contribution in [0.5, 0.6) is 17.2 Å². The topological polar surface area (TPSA) is 80.9 Å². The molecule has 0 heterocycles. The average molecular weight is 300 g/mol. The summed E-state index contributed by atoms with van der Waals surface area (Å²) < 4.78 is 0. The third kappa shape index (κ3) is 2.29. The molecular formula is C18H20O4. The molecule has 0 aliphatic heterocycles. The van der Waals surface area contributed by atoms with E-state index in [-0.39, 0.29) is 11.5 Å². The predicted molar refractivity (Wildman–Crippen MR) is 83.5 cm³/mol. The monoisotopic (exact) mass is 300 g/mol. The highest BCUT2D eigenvalue weighted by molar-refractivity contribution is 5.52. The molecule has 0 spiro atoms. The first-order chi connectivity index (χ1) is 10.6. The molecule has 2 bridgehead atoms. The molecule has 4 N–H and O–H groups in total. The summed E-state index contributed by atoms with van der Waals surface area (Å²) in [6, 6.07) is 9.05. The summed E-state index contributed by atoms with van der Waals surface area (Å²) in [6.45, 7) is 0. The average Bonchev–Trinajstić information content (AvgIpc) is 2.51. The van der Waals surface area contributed by atoms with Gasteiger partial charge in [-0.15, -0.1) is 0 Å². The summed E-state index contributed by atoms with van der Waals surface area (Å²) in [4.78, 5) is 0. The van der Waals surface area contributed by atoms with E-state index in [9.17, 15) is 15.3 Å². The van der Waals surface area contributed by atoms with Gasteiger partial charge in [0.25, 0.3) is 0 Å². The molecule has 4 rings (SSSR count). The number of aromatic hydroxyl groups is 3. The van der Waals surface area contributed by atoms with Crippen LogP contribution < -0.4 is 0 Å². The molecule has 2 unspecified atom stereocenters. The molecule has 2 aromatic carbocycles. The van der Waals surface area contributed by atoms with Crippen molar-refractivity contribution < 1.29 is 20.4 Å². The van der Waals surface area contributed by atoms with Gasteiger partial charge < -0.3 is 20.4 Å². The van der Waals surface area contributed by atoms with Crippen molar-refractivity contribution in [2.45, 2.75) is 31.1 Å². The Morgan fingerprint density at radius 1 is 0.773 bits per heavy atom. The Kier molecular flexibility index (Phi) is 3.71. The normalized spacial score (nSPS) is 21.2. The number of phenols is 3. The summed E-state index contributed by atoms with van der Waals surface area (Å²) >= 11 is 0. The van der Waals surface area contributed by atoms with Gasteiger partial charge in [-0.1, -0.05) is 6.07 Å². The number of aliphatic hydroxyl groups excluding tert-OH is 1. The standard InChI is InChI=1S/C17H16O3.CH4O/c18-13-1-2-14-9-3-10(5-11(14)6-13)15-8-17(20)16(19)7-12(15)4-9;1-2/h1-2,6-10,18-20H,3-5H2;2H,1H3. The molecular weight excluding hydrogens is 280 g/mol. The minimum Gasteiger partial charge on any atom is -0.508 e. The molecule has 0 amide bonds. The third-order valence-electron chi connectivity index (χ3n) is 4.74. The van der Waals surface area contributed by atoms with Crippen LogP contribution in [0.25, 0.3) is 0 Å². The quantitative estimate of drug-likeness (QED) is 0.564. The molecule has 2 aromatic rings. The van der Waals surface area contributed by atoms with Crippen molar-refractivity contribution in [1.29, 1.82) is 0 Å². The number of hydrogen-bond acceptors (Lipinski definition) is 4. The zero-order chi connectivity index (χ0) is 15.9. The first-order valence-corrected chi connectivity index (χ1v) is 7.43. The van der Waals surface area contributed by atoms with Crippen LogP contribution in [-0.4, -0.2) is 27.5 Å². The lowest BCUT2D eigenvalue weighted by Gasteiger charge is -2.38. The van der Waals surface area contributed by atoms with Crippen molar-refractivity contribution in [1.82, 2.24) is 0 Å². The molecule has 4 nitrogen and oxygen atoms in total. The Hall–Kier alpha value is -2.20. The Morgan fingerprint density at radius 3 is 2.09 bits per heavy atom. The van der Waals surface area contributed by atoms with E-state index in [0.29, 0.717) is 17.6 Å². The second-order valence-corrected chi connectivity index (χ2v) is 5.96. The molecule has 0 fully saturated rings. The maximum atomic E-state index is 9.72. The Balaban J connectivity index is 0.000000693. The smallest absolute Gasteiger partial charge is 0.157 e. The molecule has 4 heteroatoms. The van der Waals surface area contributed by atoms with Gasteiger partial charge >= 0.3 is 0 Å². The van der Waals surface area contributed by atoms with E-state index >= 15 is 0 Å². The second-order valence-electron chi connectivity index (χ2n) is 5.96. The van der Waals surface area contributed by atoms with Crippen LogP contribution >= 0.6 is 0 Å². The van der Waals surface area contributed by atoms with Crippen LogP contribution in [0.2, 0.25) is 0 Å². The molecule has 0 saturated carbocycles. The zero-order valence-electron chi connectivity index (χ0n) is 12.5. The minimum atomic E-state index is -0.0381. The van der Waals surface area contributed by atoms with Crippen LogP contribution in [0.1, 0.15) is 40.5 Å². The lowest BCUT2D eigenvalue weighted by molar-refractivity contribution is 0.395. The van der Waals surface area contributed by atoms with E-state index in [1.807, 2.05) is 12.1 Å². The summed E-state index contributed by atoms with van der Waals surface area (Å²) in [7, 11) is 1.00. The van der Waals surface area contributed by atoms with Crippen molar-refractivity contribution in [2.75, 3.05) is 7.11 Å². The summed E-state index contributed by atoms with van der Waals surface area (Å²) in [6.07, 6.45) is 2.85. The Bertz CT molecular complexity index is 708. The van der Waals surface area contributed by atoms with Gasteiger partial charge in [-0.3, -0.25) is 0 Å². The van der Waals surface area contributed by atoms with Crippen LogP contribution in [0, 0.1) is 0 Å². The number of phenolic OH excluding ortho intramolecular Hbond substituents is 3. The zero-order valence-corrected chi connectivity index (χ0v) is 12.5. The van der Waals surface area contributed by atoms with Gasteiger partial charge in [0, 0.05) is 7.11 Å². The van der Waals surface area contributed by atoms with E-state index in [2.05, 4.69) is 0 Å². The van der Waals surface area contributed by atoms with Gasteiger partial charge in [-0.05, 0) is 77.6 Å². The number of fused-ring (bicyclic) bond motifs is 6. The van der Waals surface area contributed by atoms with Crippen LogP contribution in [0.3, 0.4) is 0 Å². The Morgan fingerprint density at radius 2 is 1.36 bits per heavy atom. The lowest BCUT2D eigenvalue weighted by atomic mass is 9.67. The van der Waals surface area contributed by atoms with Crippen molar-refractivity contribution in [3.63, 3.8) is 0 Å². The molecule has 0 aromatic heterocycles. The maximum Gasteiger partial charge on any atom is 0.157 e. The predicted octanol–water partition coefficient (Wildman–Crippen LogP) is 2.78. The minimum absolute atomic E-state index is 0.0327. The fourth-order valence-electron chi connectivity index (χ4n) is 3.88. The summed E-state index contributed by atoms with van der Waals surface area (Å²) in [5.41, 5.74) is 4.81.